The average molecular weight is 489 g/mol. The number of benzene rings is 1. The lowest BCUT2D eigenvalue weighted by Gasteiger charge is -2.13. The maximum absolute atomic E-state index is 12.7. The maximum atomic E-state index is 12.7. The van der Waals surface area contributed by atoms with Gasteiger partial charge in [-0.25, -0.2) is 9.78 Å². The molecule has 0 saturated carbocycles. The first-order valence-electron chi connectivity index (χ1n) is 9.65. The van der Waals surface area contributed by atoms with Crippen molar-refractivity contribution in [3.63, 3.8) is 0 Å². The molecule has 1 unspecified atom stereocenters. The predicted octanol–water partition coefficient (Wildman–Crippen LogP) is 5.34. The van der Waals surface area contributed by atoms with Crippen molar-refractivity contribution in [2.24, 2.45) is 0 Å². The molecule has 3 heterocycles. The molecule has 1 amide bonds. The number of halogens is 2. The van der Waals surface area contributed by atoms with E-state index < -0.39 is 18.0 Å². The lowest BCUT2D eigenvalue weighted by molar-refractivity contribution is -0.123. The summed E-state index contributed by atoms with van der Waals surface area (Å²) in [6.45, 7) is 3.96. The van der Waals surface area contributed by atoms with Crippen LogP contribution in [-0.4, -0.2) is 32.7 Å². The summed E-state index contributed by atoms with van der Waals surface area (Å²) in [4.78, 5) is 30.3. The second kappa shape index (κ2) is 9.28. The topological polar surface area (TPSA) is 86.1 Å². The largest absolute Gasteiger partial charge is 0.448 e. The van der Waals surface area contributed by atoms with Gasteiger partial charge in [-0.1, -0.05) is 53.5 Å². The third kappa shape index (κ3) is 4.77. The van der Waals surface area contributed by atoms with Crippen molar-refractivity contribution in [1.29, 1.82) is 0 Å². The fourth-order valence-electron chi connectivity index (χ4n) is 3.07. The molecule has 4 aromatic rings. The second-order valence-corrected chi connectivity index (χ2v) is 8.95. The highest BCUT2D eigenvalue weighted by Crippen LogP contribution is 2.30. The van der Waals surface area contributed by atoms with Gasteiger partial charge in [-0.05, 0) is 31.5 Å². The van der Waals surface area contributed by atoms with E-state index in [0.29, 0.717) is 16.4 Å². The van der Waals surface area contributed by atoms with Crippen LogP contribution in [0.3, 0.4) is 0 Å². The van der Waals surface area contributed by atoms with Gasteiger partial charge in [-0.2, -0.15) is 5.10 Å². The van der Waals surface area contributed by atoms with Crippen LogP contribution in [0.1, 0.15) is 27.9 Å². The quantitative estimate of drug-likeness (QED) is 0.370. The van der Waals surface area contributed by atoms with E-state index in [1.807, 2.05) is 41.9 Å². The average Bonchev–Trinajstić information content (AvgIpc) is 3.32. The molecule has 1 atom stereocenters. The lowest BCUT2D eigenvalue weighted by atomic mass is 10.2. The minimum atomic E-state index is -1.05. The van der Waals surface area contributed by atoms with Crippen molar-refractivity contribution >= 4 is 62.4 Å². The predicted molar refractivity (Wildman–Crippen MR) is 126 cm³/mol. The zero-order valence-electron chi connectivity index (χ0n) is 17.1. The molecule has 0 aliphatic rings. The number of rotatable bonds is 6. The Kier molecular flexibility index (Phi) is 6.45. The summed E-state index contributed by atoms with van der Waals surface area (Å²) in [5.74, 6) is -1.00. The number of fused-ring (bicyclic) bond motifs is 1. The maximum Gasteiger partial charge on any atom is 0.349 e. The molecule has 0 aliphatic carbocycles. The van der Waals surface area contributed by atoms with Crippen molar-refractivity contribution in [3.8, 4) is 0 Å². The van der Waals surface area contributed by atoms with Gasteiger partial charge in [0, 0.05) is 11.6 Å². The molecule has 4 rings (SSSR count). The standard InChI is InChI=1S/C22H18Cl2N4O3S/c1-12-16-9-18(32-21(16)28(27-12)11-14-6-4-3-5-7-14)22(30)31-13(2)20(29)26-19-17(24)8-15(23)10-25-19/h3-10,13H,11H2,1-2H3,(H,25,26,29). The number of nitrogens with zero attached hydrogens (tertiary/aromatic N) is 3. The minimum Gasteiger partial charge on any atom is -0.448 e. The van der Waals surface area contributed by atoms with Crippen LogP contribution in [-0.2, 0) is 16.1 Å². The summed E-state index contributed by atoms with van der Waals surface area (Å²) < 4.78 is 7.23. The van der Waals surface area contributed by atoms with Crippen LogP contribution in [0.4, 0.5) is 5.82 Å². The van der Waals surface area contributed by atoms with Crippen LogP contribution >= 0.6 is 34.5 Å². The summed E-state index contributed by atoms with van der Waals surface area (Å²) in [6, 6.07) is 13.1. The highest BCUT2D eigenvalue weighted by molar-refractivity contribution is 7.20. The van der Waals surface area contributed by atoms with Crippen LogP contribution in [0, 0.1) is 6.92 Å². The highest BCUT2D eigenvalue weighted by Gasteiger charge is 2.23. The molecule has 3 aromatic heterocycles. The SMILES string of the molecule is Cc1nn(Cc2ccccc2)c2sc(C(=O)OC(C)C(=O)Nc3ncc(Cl)cc3Cl)cc12. The number of amides is 1. The summed E-state index contributed by atoms with van der Waals surface area (Å²) in [5, 5.41) is 8.53. The van der Waals surface area contributed by atoms with Crippen molar-refractivity contribution in [2.75, 3.05) is 5.32 Å². The molecule has 7 nitrogen and oxygen atoms in total. The Labute approximate surface area is 197 Å². The zero-order valence-corrected chi connectivity index (χ0v) is 19.5. The van der Waals surface area contributed by atoms with Gasteiger partial charge in [0.1, 0.15) is 9.71 Å². The number of anilines is 1. The van der Waals surface area contributed by atoms with E-state index in [1.165, 1.54) is 30.5 Å². The molecule has 164 valence electrons. The Balaban J connectivity index is 1.47. The van der Waals surface area contributed by atoms with Crippen molar-refractivity contribution in [1.82, 2.24) is 14.8 Å². The Morgan fingerprint density at radius 3 is 2.69 bits per heavy atom. The molecule has 0 saturated heterocycles. The minimum absolute atomic E-state index is 0.141. The third-order valence-electron chi connectivity index (χ3n) is 4.69. The van der Waals surface area contributed by atoms with E-state index in [1.54, 1.807) is 6.07 Å². The number of esters is 1. The van der Waals surface area contributed by atoms with Crippen LogP contribution in [0.25, 0.3) is 10.2 Å². The lowest BCUT2D eigenvalue weighted by Crippen LogP contribution is -2.30. The van der Waals surface area contributed by atoms with Crippen molar-refractivity contribution in [2.45, 2.75) is 26.5 Å². The number of ether oxygens (including phenoxy) is 1. The van der Waals surface area contributed by atoms with Crippen LogP contribution in [0.2, 0.25) is 10.0 Å². The van der Waals surface area contributed by atoms with Gasteiger partial charge in [0.05, 0.1) is 22.3 Å². The zero-order chi connectivity index (χ0) is 22.8. The molecular weight excluding hydrogens is 471 g/mol. The van der Waals surface area contributed by atoms with E-state index in [4.69, 9.17) is 27.9 Å². The molecule has 0 fully saturated rings. The first kappa shape index (κ1) is 22.3. The van der Waals surface area contributed by atoms with Gasteiger partial charge in [0.2, 0.25) is 0 Å². The van der Waals surface area contributed by atoms with Crippen LogP contribution < -0.4 is 5.32 Å². The van der Waals surface area contributed by atoms with Gasteiger partial charge in [0.15, 0.2) is 11.9 Å². The Hall–Kier alpha value is -2.94. The summed E-state index contributed by atoms with van der Waals surface area (Å²) in [5.41, 5.74) is 1.93. The molecule has 0 radical (unpaired) electrons. The summed E-state index contributed by atoms with van der Waals surface area (Å²) in [6.07, 6.45) is 0.307. The van der Waals surface area contributed by atoms with Gasteiger partial charge < -0.3 is 10.1 Å². The molecular formula is C22H18Cl2N4O3S. The fourth-order valence-corrected chi connectivity index (χ4v) is 4.55. The number of nitrogens with one attached hydrogen (secondary N) is 1. The van der Waals surface area contributed by atoms with Crippen LogP contribution in [0.5, 0.6) is 0 Å². The molecule has 0 spiro atoms. The van der Waals surface area contributed by atoms with E-state index in [9.17, 15) is 9.59 Å². The Morgan fingerprint density at radius 1 is 1.22 bits per heavy atom. The second-order valence-electron chi connectivity index (χ2n) is 7.08. The molecule has 1 aromatic carbocycles. The Bertz CT molecular complexity index is 1300. The molecule has 32 heavy (non-hydrogen) atoms. The van der Waals surface area contributed by atoms with E-state index >= 15 is 0 Å². The Morgan fingerprint density at radius 2 is 1.97 bits per heavy atom. The number of aryl methyl sites for hydroxylation is 1. The summed E-state index contributed by atoms with van der Waals surface area (Å²) >= 11 is 13.1. The molecule has 0 bridgehead atoms. The number of hydrogen-bond donors (Lipinski definition) is 1. The molecule has 1 N–H and O–H groups in total. The van der Waals surface area contributed by atoms with Gasteiger partial charge >= 0.3 is 5.97 Å². The van der Waals surface area contributed by atoms with Crippen LogP contribution in [0.15, 0.2) is 48.7 Å². The summed E-state index contributed by atoms with van der Waals surface area (Å²) in [7, 11) is 0. The van der Waals surface area contributed by atoms with Gasteiger partial charge in [-0.3, -0.25) is 9.48 Å². The monoisotopic (exact) mass is 488 g/mol. The van der Waals surface area contributed by atoms with Gasteiger partial charge in [0.25, 0.3) is 5.91 Å². The molecule has 10 heteroatoms. The van der Waals surface area contributed by atoms with E-state index in [-0.39, 0.29) is 10.8 Å². The normalized spacial score (nSPS) is 12.0. The van der Waals surface area contributed by atoms with Crippen molar-refractivity contribution in [3.05, 3.63) is 74.8 Å². The number of carbonyl (C=O) groups is 2. The highest BCUT2D eigenvalue weighted by atomic mass is 35.5. The van der Waals surface area contributed by atoms with E-state index in [2.05, 4.69) is 15.4 Å². The molecule has 0 aliphatic heterocycles. The van der Waals surface area contributed by atoms with E-state index in [0.717, 1.165) is 21.5 Å². The number of carbonyl (C=O) groups excluding carboxylic acids is 2. The number of aromatic nitrogens is 3. The first-order valence-corrected chi connectivity index (χ1v) is 11.2. The number of thiophene rings is 1. The third-order valence-corrected chi connectivity index (χ3v) is 6.31. The number of hydrogen-bond acceptors (Lipinski definition) is 6. The first-order chi connectivity index (χ1) is 15.3. The van der Waals surface area contributed by atoms with Crippen molar-refractivity contribution < 1.29 is 14.3 Å². The van der Waals surface area contributed by atoms with Gasteiger partial charge in [-0.15, -0.1) is 11.3 Å². The fraction of sp³-hybridized carbons (Fsp3) is 0.182. The number of pyridine rings is 1. The smallest absolute Gasteiger partial charge is 0.349 e.